The van der Waals surface area contributed by atoms with E-state index in [2.05, 4.69) is 15.9 Å². The fraction of sp³-hybridized carbons (Fsp3) is 0. The first kappa shape index (κ1) is 15.2. The number of hydrogen-bond acceptors (Lipinski definition) is 2. The van der Waals surface area contributed by atoms with Crippen molar-refractivity contribution in [3.8, 4) is 11.5 Å². The van der Waals surface area contributed by atoms with Gasteiger partial charge in [-0.25, -0.2) is 13.6 Å². The quantitative estimate of drug-likeness (QED) is 0.815. The topological polar surface area (TPSA) is 46.5 Å². The third-order valence-electron chi connectivity index (χ3n) is 2.43. The highest BCUT2D eigenvalue weighted by atomic mass is 79.9. The average Bonchev–Trinajstić information content (AvgIpc) is 2.39. The highest BCUT2D eigenvalue weighted by Gasteiger charge is 2.07. The Morgan fingerprint density at radius 2 is 1.95 bits per heavy atom. The molecule has 0 aliphatic heterocycles. The van der Waals surface area contributed by atoms with Crippen LogP contribution in [0.1, 0.15) is 5.56 Å². The van der Waals surface area contributed by atoms with Crippen molar-refractivity contribution in [2.75, 3.05) is 0 Å². The molecule has 2 aromatic rings. The van der Waals surface area contributed by atoms with Crippen molar-refractivity contribution in [2.45, 2.75) is 0 Å². The molecule has 0 saturated carbocycles. The minimum absolute atomic E-state index is 0.0584. The summed E-state index contributed by atoms with van der Waals surface area (Å²) in [5.41, 5.74) is 0.296. The first-order valence-electron chi connectivity index (χ1n) is 5.78. The van der Waals surface area contributed by atoms with E-state index in [1.165, 1.54) is 24.3 Å². The van der Waals surface area contributed by atoms with Gasteiger partial charge in [-0.15, -0.1) is 0 Å². The standard InChI is InChI=1S/C15H9BrF2O3/c16-10-2-3-14(13(18)7-10)21-12-6-9(1-4-15(19)20)5-11(17)8-12/h1-8H,(H,19,20)/b4-1+. The van der Waals surface area contributed by atoms with Crippen LogP contribution in [0.3, 0.4) is 0 Å². The lowest BCUT2D eigenvalue weighted by molar-refractivity contribution is -0.131. The normalized spacial score (nSPS) is 10.8. The lowest BCUT2D eigenvalue weighted by Gasteiger charge is -2.08. The van der Waals surface area contributed by atoms with Gasteiger partial charge in [-0.2, -0.15) is 0 Å². The number of benzene rings is 2. The van der Waals surface area contributed by atoms with Crippen molar-refractivity contribution < 1.29 is 23.4 Å². The van der Waals surface area contributed by atoms with Crippen molar-refractivity contribution in [3.05, 3.63) is 64.1 Å². The fourth-order valence-corrected chi connectivity index (χ4v) is 1.93. The first-order valence-corrected chi connectivity index (χ1v) is 6.58. The summed E-state index contributed by atoms with van der Waals surface area (Å²) in [6.45, 7) is 0. The molecule has 0 bridgehead atoms. The number of halogens is 3. The van der Waals surface area contributed by atoms with Gasteiger partial charge in [0, 0.05) is 16.6 Å². The van der Waals surface area contributed by atoms with Crippen molar-refractivity contribution in [3.63, 3.8) is 0 Å². The summed E-state index contributed by atoms with van der Waals surface area (Å²) in [5.74, 6) is -2.36. The van der Waals surface area contributed by atoms with Gasteiger partial charge in [0.15, 0.2) is 11.6 Å². The van der Waals surface area contributed by atoms with E-state index < -0.39 is 17.6 Å². The molecule has 2 aromatic carbocycles. The highest BCUT2D eigenvalue weighted by molar-refractivity contribution is 9.10. The minimum Gasteiger partial charge on any atom is -0.478 e. The molecule has 6 heteroatoms. The molecule has 0 aromatic heterocycles. The third kappa shape index (κ3) is 4.39. The van der Waals surface area contributed by atoms with Crippen LogP contribution in [-0.4, -0.2) is 11.1 Å². The molecule has 0 atom stereocenters. The van der Waals surface area contributed by atoms with Crippen LogP contribution in [0.2, 0.25) is 0 Å². The number of carboxylic acid groups (broad SMARTS) is 1. The summed E-state index contributed by atoms with van der Waals surface area (Å²) < 4.78 is 32.9. The Morgan fingerprint density at radius 3 is 2.62 bits per heavy atom. The molecule has 0 saturated heterocycles. The molecular weight excluding hydrogens is 346 g/mol. The number of rotatable bonds is 4. The minimum atomic E-state index is -1.15. The van der Waals surface area contributed by atoms with Gasteiger partial charge >= 0.3 is 5.97 Å². The molecule has 0 spiro atoms. The van der Waals surface area contributed by atoms with Gasteiger partial charge in [-0.1, -0.05) is 15.9 Å². The van der Waals surface area contributed by atoms with E-state index in [0.29, 0.717) is 10.0 Å². The lowest BCUT2D eigenvalue weighted by atomic mass is 10.2. The smallest absolute Gasteiger partial charge is 0.328 e. The van der Waals surface area contributed by atoms with Gasteiger partial charge in [0.1, 0.15) is 11.6 Å². The molecule has 0 unspecified atom stereocenters. The molecule has 0 amide bonds. The van der Waals surface area contributed by atoms with Gasteiger partial charge in [0.25, 0.3) is 0 Å². The molecule has 108 valence electrons. The Hall–Kier alpha value is -2.21. The molecule has 0 radical (unpaired) electrons. The second kappa shape index (κ2) is 6.49. The zero-order chi connectivity index (χ0) is 15.4. The van der Waals surface area contributed by atoms with Crippen LogP contribution in [0.4, 0.5) is 8.78 Å². The van der Waals surface area contributed by atoms with E-state index in [9.17, 15) is 13.6 Å². The molecule has 0 fully saturated rings. The van der Waals surface area contributed by atoms with Gasteiger partial charge in [-0.3, -0.25) is 0 Å². The van der Waals surface area contributed by atoms with E-state index in [4.69, 9.17) is 9.84 Å². The predicted octanol–water partition coefficient (Wildman–Crippen LogP) is 4.62. The number of carbonyl (C=O) groups is 1. The van der Waals surface area contributed by atoms with Crippen LogP contribution in [0.5, 0.6) is 11.5 Å². The maximum absolute atomic E-state index is 13.7. The Kier molecular flexibility index (Phi) is 4.70. The molecule has 2 rings (SSSR count). The Bertz CT molecular complexity index is 714. The molecule has 3 nitrogen and oxygen atoms in total. The summed E-state index contributed by atoms with van der Waals surface area (Å²) in [4.78, 5) is 10.4. The van der Waals surface area contributed by atoms with Crippen LogP contribution in [0, 0.1) is 11.6 Å². The third-order valence-corrected chi connectivity index (χ3v) is 2.93. The lowest BCUT2D eigenvalue weighted by Crippen LogP contribution is -1.91. The SMILES string of the molecule is O=C(O)/C=C/c1cc(F)cc(Oc2ccc(Br)cc2F)c1. The van der Waals surface area contributed by atoms with E-state index in [0.717, 1.165) is 18.2 Å². The second-order valence-corrected chi connectivity index (χ2v) is 4.98. The number of carboxylic acids is 1. The molecule has 1 N–H and O–H groups in total. The summed E-state index contributed by atoms with van der Waals surface area (Å²) >= 11 is 3.12. The second-order valence-electron chi connectivity index (χ2n) is 4.07. The van der Waals surface area contributed by atoms with Gasteiger partial charge in [0.2, 0.25) is 0 Å². The Morgan fingerprint density at radius 1 is 1.19 bits per heavy atom. The van der Waals surface area contributed by atoms with Gasteiger partial charge in [0.05, 0.1) is 0 Å². The zero-order valence-corrected chi connectivity index (χ0v) is 12.1. The maximum Gasteiger partial charge on any atom is 0.328 e. The zero-order valence-electron chi connectivity index (χ0n) is 10.5. The van der Waals surface area contributed by atoms with E-state index in [1.54, 1.807) is 6.07 Å². The van der Waals surface area contributed by atoms with E-state index in [-0.39, 0.29) is 11.5 Å². The largest absolute Gasteiger partial charge is 0.478 e. The van der Waals surface area contributed by atoms with Crippen molar-refractivity contribution >= 4 is 28.0 Å². The fourth-order valence-electron chi connectivity index (χ4n) is 1.59. The summed E-state index contributed by atoms with van der Waals surface area (Å²) in [6, 6.07) is 7.84. The van der Waals surface area contributed by atoms with Crippen molar-refractivity contribution in [1.82, 2.24) is 0 Å². The van der Waals surface area contributed by atoms with Crippen LogP contribution in [0.25, 0.3) is 6.08 Å². The highest BCUT2D eigenvalue weighted by Crippen LogP contribution is 2.28. The molecule has 0 aliphatic rings. The van der Waals surface area contributed by atoms with Crippen LogP contribution >= 0.6 is 15.9 Å². The molecule has 0 aliphatic carbocycles. The van der Waals surface area contributed by atoms with E-state index >= 15 is 0 Å². The Balaban J connectivity index is 2.29. The van der Waals surface area contributed by atoms with Crippen molar-refractivity contribution in [2.24, 2.45) is 0 Å². The maximum atomic E-state index is 13.7. The number of ether oxygens (including phenoxy) is 1. The Labute approximate surface area is 127 Å². The molecule has 0 heterocycles. The summed E-state index contributed by atoms with van der Waals surface area (Å²) in [7, 11) is 0. The molecule has 21 heavy (non-hydrogen) atoms. The number of aliphatic carboxylic acids is 1. The summed E-state index contributed by atoms with van der Waals surface area (Å²) in [5, 5.41) is 8.55. The average molecular weight is 355 g/mol. The monoisotopic (exact) mass is 354 g/mol. The molecular formula is C15H9BrF2O3. The van der Waals surface area contributed by atoms with Gasteiger partial charge in [-0.05, 0) is 42.0 Å². The first-order chi connectivity index (χ1) is 9.94. The predicted molar refractivity (Wildman–Crippen MR) is 77.2 cm³/mol. The summed E-state index contributed by atoms with van der Waals surface area (Å²) in [6.07, 6.45) is 2.09. The van der Waals surface area contributed by atoms with Crippen LogP contribution < -0.4 is 4.74 Å². The van der Waals surface area contributed by atoms with E-state index in [1.807, 2.05) is 0 Å². The van der Waals surface area contributed by atoms with Crippen LogP contribution in [-0.2, 0) is 4.79 Å². The van der Waals surface area contributed by atoms with Crippen molar-refractivity contribution in [1.29, 1.82) is 0 Å². The van der Waals surface area contributed by atoms with Gasteiger partial charge < -0.3 is 9.84 Å². The number of hydrogen-bond donors (Lipinski definition) is 1. The van der Waals surface area contributed by atoms with Crippen LogP contribution in [0.15, 0.2) is 46.9 Å².